The predicted molar refractivity (Wildman–Crippen MR) is 68.9 cm³/mol. The monoisotopic (exact) mass is 288 g/mol. The Bertz CT molecular complexity index is 496. The normalized spacial score (nSPS) is 27.0. The number of nitrogens with zero attached hydrogens (tertiary/aromatic N) is 2. The van der Waals surface area contributed by atoms with Gasteiger partial charge in [-0.15, -0.1) is 11.3 Å². The number of piperidine rings is 1. The van der Waals surface area contributed by atoms with Crippen LogP contribution in [0.4, 0.5) is 0 Å². The van der Waals surface area contributed by atoms with Crippen LogP contribution in [0.25, 0.3) is 0 Å². The Morgan fingerprint density at radius 1 is 1.39 bits per heavy atom. The maximum absolute atomic E-state index is 12.5. The topological polar surface area (TPSA) is 59.5 Å². The van der Waals surface area contributed by atoms with E-state index in [9.17, 15) is 8.42 Å². The molecule has 0 bridgehead atoms. The van der Waals surface area contributed by atoms with Crippen molar-refractivity contribution in [2.24, 2.45) is 0 Å². The van der Waals surface area contributed by atoms with Gasteiger partial charge in [-0.05, 0) is 12.8 Å². The molecule has 2 saturated heterocycles. The molecule has 2 fully saturated rings. The summed E-state index contributed by atoms with van der Waals surface area (Å²) in [7, 11) is -3.23. The van der Waals surface area contributed by atoms with Crippen LogP contribution in [-0.4, -0.2) is 42.7 Å². The number of ether oxygens (including phenoxy) is 1. The molecular formula is C11H16N2O3S2. The highest BCUT2D eigenvalue weighted by molar-refractivity contribution is 7.89. The van der Waals surface area contributed by atoms with E-state index in [1.807, 2.05) is 5.38 Å². The van der Waals surface area contributed by atoms with Crippen molar-refractivity contribution in [3.8, 4) is 0 Å². The summed E-state index contributed by atoms with van der Waals surface area (Å²) < 4.78 is 31.7. The zero-order valence-electron chi connectivity index (χ0n) is 9.99. The quantitative estimate of drug-likeness (QED) is 0.843. The fourth-order valence-corrected chi connectivity index (χ4v) is 5.15. The summed E-state index contributed by atoms with van der Waals surface area (Å²) in [6, 6.07) is -0.0654. The first-order valence-electron chi connectivity index (χ1n) is 6.17. The van der Waals surface area contributed by atoms with Gasteiger partial charge < -0.3 is 4.74 Å². The molecule has 100 valence electrons. The van der Waals surface area contributed by atoms with Crippen LogP contribution in [0.1, 0.15) is 30.3 Å². The van der Waals surface area contributed by atoms with E-state index in [2.05, 4.69) is 4.98 Å². The van der Waals surface area contributed by atoms with Crippen molar-refractivity contribution in [2.45, 2.75) is 30.6 Å². The molecule has 1 unspecified atom stereocenters. The van der Waals surface area contributed by atoms with Crippen molar-refractivity contribution < 1.29 is 13.2 Å². The van der Waals surface area contributed by atoms with Crippen molar-refractivity contribution in [3.63, 3.8) is 0 Å². The summed E-state index contributed by atoms with van der Waals surface area (Å²) in [5.74, 6) is 0. The third-order valence-electron chi connectivity index (χ3n) is 3.55. The molecule has 18 heavy (non-hydrogen) atoms. The molecule has 3 rings (SSSR count). The lowest BCUT2D eigenvalue weighted by Crippen LogP contribution is -2.50. The van der Waals surface area contributed by atoms with Crippen molar-refractivity contribution in [1.29, 1.82) is 0 Å². The van der Waals surface area contributed by atoms with Crippen molar-refractivity contribution in [3.05, 3.63) is 16.6 Å². The minimum atomic E-state index is -3.23. The first-order chi connectivity index (χ1) is 8.69. The van der Waals surface area contributed by atoms with E-state index in [-0.39, 0.29) is 11.3 Å². The van der Waals surface area contributed by atoms with Crippen LogP contribution in [0.15, 0.2) is 11.6 Å². The van der Waals surface area contributed by atoms with Gasteiger partial charge in [0.2, 0.25) is 10.0 Å². The molecule has 0 N–H and O–H groups in total. The van der Waals surface area contributed by atoms with E-state index in [1.165, 1.54) is 11.3 Å². The number of thiazole rings is 1. The molecule has 1 atom stereocenters. The highest BCUT2D eigenvalue weighted by Crippen LogP contribution is 2.36. The number of hydrogen-bond donors (Lipinski definition) is 0. The van der Waals surface area contributed by atoms with Gasteiger partial charge in [0, 0.05) is 18.1 Å². The molecule has 1 aromatic rings. The summed E-state index contributed by atoms with van der Waals surface area (Å²) in [5.41, 5.74) is 0. The van der Waals surface area contributed by atoms with Crippen LogP contribution in [0.3, 0.4) is 0 Å². The van der Waals surface area contributed by atoms with E-state index in [0.717, 1.165) is 24.3 Å². The molecule has 1 aromatic heterocycles. The first-order valence-corrected chi connectivity index (χ1v) is 8.55. The highest BCUT2D eigenvalue weighted by atomic mass is 32.2. The third kappa shape index (κ3) is 2.09. The van der Waals surface area contributed by atoms with Crippen LogP contribution >= 0.6 is 11.3 Å². The first kappa shape index (κ1) is 12.5. The number of sulfonamides is 1. The van der Waals surface area contributed by atoms with Gasteiger partial charge in [-0.1, -0.05) is 6.42 Å². The summed E-state index contributed by atoms with van der Waals surface area (Å²) in [4.78, 5) is 4.29. The molecule has 0 amide bonds. The molecule has 0 radical (unpaired) electrons. The molecule has 0 aromatic carbocycles. The zero-order valence-corrected chi connectivity index (χ0v) is 11.6. The Hall–Kier alpha value is -0.500. The number of aromatic nitrogens is 1. The Kier molecular flexibility index (Phi) is 3.40. The van der Waals surface area contributed by atoms with Crippen molar-refractivity contribution >= 4 is 21.4 Å². The van der Waals surface area contributed by atoms with Crippen LogP contribution in [0.5, 0.6) is 0 Å². The van der Waals surface area contributed by atoms with E-state index in [0.29, 0.717) is 19.8 Å². The average Bonchev–Trinajstić information content (AvgIpc) is 2.79. The molecule has 5 nitrogen and oxygen atoms in total. The summed E-state index contributed by atoms with van der Waals surface area (Å²) in [6.07, 6.45) is 4.62. The molecule has 2 aliphatic heterocycles. The van der Waals surface area contributed by atoms with Gasteiger partial charge in [-0.2, -0.15) is 4.31 Å². The Morgan fingerprint density at radius 3 is 2.83 bits per heavy atom. The lowest BCUT2D eigenvalue weighted by Gasteiger charge is -2.38. The van der Waals surface area contributed by atoms with Gasteiger partial charge in [0.05, 0.1) is 19.3 Å². The summed E-state index contributed by atoms with van der Waals surface area (Å²) in [5, 5.41) is 2.47. The van der Waals surface area contributed by atoms with Crippen LogP contribution in [-0.2, 0) is 14.8 Å². The SMILES string of the molecule is O=S(=O)(C1COC1)N1CCCCC1c1nccs1. The van der Waals surface area contributed by atoms with E-state index < -0.39 is 10.0 Å². The Morgan fingerprint density at radius 2 is 2.22 bits per heavy atom. The molecule has 0 saturated carbocycles. The van der Waals surface area contributed by atoms with Gasteiger partial charge in [0.25, 0.3) is 0 Å². The lowest BCUT2D eigenvalue weighted by molar-refractivity contribution is 0.0378. The number of hydrogen-bond acceptors (Lipinski definition) is 5. The minimum absolute atomic E-state index is 0.0654. The minimum Gasteiger partial charge on any atom is -0.378 e. The maximum Gasteiger partial charge on any atom is 0.222 e. The van der Waals surface area contributed by atoms with Gasteiger partial charge in [-0.3, -0.25) is 0 Å². The molecular weight excluding hydrogens is 272 g/mol. The van der Waals surface area contributed by atoms with Crippen LogP contribution < -0.4 is 0 Å². The number of rotatable bonds is 3. The Balaban J connectivity index is 1.88. The average molecular weight is 288 g/mol. The van der Waals surface area contributed by atoms with Gasteiger partial charge in [0.15, 0.2) is 0 Å². The van der Waals surface area contributed by atoms with Crippen molar-refractivity contribution in [2.75, 3.05) is 19.8 Å². The van der Waals surface area contributed by atoms with Gasteiger partial charge >= 0.3 is 0 Å². The second-order valence-corrected chi connectivity index (χ2v) is 7.79. The third-order valence-corrected chi connectivity index (χ3v) is 6.63. The van der Waals surface area contributed by atoms with Crippen molar-refractivity contribution in [1.82, 2.24) is 9.29 Å². The standard InChI is InChI=1S/C11H16N2O3S2/c14-18(15,9-7-16-8-9)13-5-2-1-3-10(13)11-12-4-6-17-11/h4,6,9-10H,1-3,5,7-8H2. The largest absolute Gasteiger partial charge is 0.378 e. The summed E-state index contributed by atoms with van der Waals surface area (Å²) >= 11 is 1.54. The fraction of sp³-hybridized carbons (Fsp3) is 0.727. The van der Waals surface area contributed by atoms with Gasteiger partial charge in [0.1, 0.15) is 10.3 Å². The molecule has 0 aliphatic carbocycles. The molecule has 2 aliphatic rings. The van der Waals surface area contributed by atoms with Crippen LogP contribution in [0.2, 0.25) is 0 Å². The summed E-state index contributed by atoms with van der Waals surface area (Å²) in [6.45, 7) is 1.29. The second-order valence-electron chi connectivity index (χ2n) is 4.70. The fourth-order valence-electron chi connectivity index (χ4n) is 2.43. The molecule has 3 heterocycles. The lowest BCUT2D eigenvalue weighted by atomic mass is 10.1. The van der Waals surface area contributed by atoms with E-state index in [1.54, 1.807) is 10.5 Å². The zero-order chi connectivity index (χ0) is 12.6. The van der Waals surface area contributed by atoms with E-state index >= 15 is 0 Å². The maximum atomic E-state index is 12.5. The molecule has 7 heteroatoms. The smallest absolute Gasteiger partial charge is 0.222 e. The Labute approximate surface area is 111 Å². The highest BCUT2D eigenvalue weighted by Gasteiger charge is 2.42. The van der Waals surface area contributed by atoms with Crippen LogP contribution in [0, 0.1) is 0 Å². The second kappa shape index (κ2) is 4.88. The predicted octanol–water partition coefficient (Wildman–Crippen LogP) is 1.40. The molecule has 0 spiro atoms. The van der Waals surface area contributed by atoms with Gasteiger partial charge in [-0.25, -0.2) is 13.4 Å². The van der Waals surface area contributed by atoms with E-state index in [4.69, 9.17) is 4.74 Å².